The van der Waals surface area contributed by atoms with Crippen molar-refractivity contribution in [1.29, 1.82) is 0 Å². The number of anilines is 2. The van der Waals surface area contributed by atoms with Crippen LogP contribution in [0.3, 0.4) is 0 Å². The maximum absolute atomic E-state index is 5.66. The fourth-order valence-electron chi connectivity index (χ4n) is 1.42. The first kappa shape index (κ1) is 11.4. The van der Waals surface area contributed by atoms with E-state index in [4.69, 9.17) is 5.73 Å². The van der Waals surface area contributed by atoms with E-state index in [2.05, 4.69) is 35.1 Å². The summed E-state index contributed by atoms with van der Waals surface area (Å²) in [6, 6.07) is 6.33. The summed E-state index contributed by atoms with van der Waals surface area (Å²) in [6.07, 6.45) is 2.37. The highest BCUT2D eigenvalue weighted by atomic mass is 79.9. The van der Waals surface area contributed by atoms with Gasteiger partial charge in [0.25, 0.3) is 0 Å². The highest BCUT2D eigenvalue weighted by Gasteiger charge is 2.03. The van der Waals surface area contributed by atoms with Crippen LogP contribution in [0.1, 0.15) is 26.7 Å². The molecule has 1 rings (SSSR count). The highest BCUT2D eigenvalue weighted by Crippen LogP contribution is 2.25. The van der Waals surface area contributed by atoms with Crippen LogP contribution in [-0.4, -0.2) is 6.04 Å². The third-order valence-corrected chi connectivity index (χ3v) is 2.77. The van der Waals surface area contributed by atoms with E-state index < -0.39 is 0 Å². The predicted octanol–water partition coefficient (Wildman–Crippen LogP) is 3.63. The van der Waals surface area contributed by atoms with E-state index in [1.165, 1.54) is 12.8 Å². The lowest BCUT2D eigenvalue weighted by molar-refractivity contribution is 0.690. The summed E-state index contributed by atoms with van der Waals surface area (Å²) >= 11 is 3.48. The van der Waals surface area contributed by atoms with Gasteiger partial charge in [0.05, 0.1) is 0 Å². The number of hydrogen-bond donors (Lipinski definition) is 2. The molecule has 78 valence electrons. The molecule has 0 saturated carbocycles. The Balaban J connectivity index is 2.67. The molecule has 0 aromatic heterocycles. The molecule has 1 unspecified atom stereocenters. The van der Waals surface area contributed by atoms with Crippen LogP contribution in [-0.2, 0) is 0 Å². The number of rotatable bonds is 4. The molecular formula is C11H17BrN2. The molecule has 0 radical (unpaired) electrons. The standard InChI is InChI=1S/C11H17BrN2/c1-3-4-8(2)14-11-6-5-9(13)7-10(11)12/h5-8,14H,3-4,13H2,1-2H3. The lowest BCUT2D eigenvalue weighted by atomic mass is 10.2. The first-order valence-electron chi connectivity index (χ1n) is 4.95. The quantitative estimate of drug-likeness (QED) is 0.808. The van der Waals surface area contributed by atoms with Gasteiger partial charge >= 0.3 is 0 Å². The molecule has 3 N–H and O–H groups in total. The smallest absolute Gasteiger partial charge is 0.0488 e. The summed E-state index contributed by atoms with van der Waals surface area (Å²) < 4.78 is 1.03. The van der Waals surface area contributed by atoms with Crippen molar-refractivity contribution in [2.24, 2.45) is 0 Å². The van der Waals surface area contributed by atoms with Crippen molar-refractivity contribution in [2.45, 2.75) is 32.7 Å². The van der Waals surface area contributed by atoms with Crippen molar-refractivity contribution >= 4 is 27.3 Å². The summed E-state index contributed by atoms with van der Waals surface area (Å²) in [4.78, 5) is 0. The zero-order valence-corrected chi connectivity index (χ0v) is 10.3. The zero-order valence-electron chi connectivity index (χ0n) is 8.68. The van der Waals surface area contributed by atoms with E-state index >= 15 is 0 Å². The molecule has 0 aliphatic heterocycles. The molecule has 0 bridgehead atoms. The van der Waals surface area contributed by atoms with E-state index in [-0.39, 0.29) is 0 Å². The van der Waals surface area contributed by atoms with Crippen LogP contribution in [0.5, 0.6) is 0 Å². The predicted molar refractivity (Wildman–Crippen MR) is 66.5 cm³/mol. The van der Waals surface area contributed by atoms with Crippen LogP contribution < -0.4 is 11.1 Å². The molecule has 2 nitrogen and oxygen atoms in total. The Morgan fingerprint density at radius 1 is 1.50 bits per heavy atom. The van der Waals surface area contributed by atoms with E-state index in [0.29, 0.717) is 6.04 Å². The van der Waals surface area contributed by atoms with Crippen molar-refractivity contribution in [3.63, 3.8) is 0 Å². The topological polar surface area (TPSA) is 38.0 Å². The Hall–Kier alpha value is -0.700. The van der Waals surface area contributed by atoms with Gasteiger partial charge in [-0.25, -0.2) is 0 Å². The van der Waals surface area contributed by atoms with Gasteiger partial charge in [0.15, 0.2) is 0 Å². The van der Waals surface area contributed by atoms with Gasteiger partial charge < -0.3 is 11.1 Å². The number of nitrogens with two attached hydrogens (primary N) is 1. The molecular weight excluding hydrogens is 240 g/mol. The number of nitrogens with one attached hydrogen (secondary N) is 1. The van der Waals surface area contributed by atoms with Gasteiger partial charge in [-0.05, 0) is 47.5 Å². The van der Waals surface area contributed by atoms with Gasteiger partial charge in [0, 0.05) is 21.9 Å². The van der Waals surface area contributed by atoms with E-state index in [0.717, 1.165) is 15.8 Å². The van der Waals surface area contributed by atoms with Gasteiger partial charge in [0.1, 0.15) is 0 Å². The van der Waals surface area contributed by atoms with Gasteiger partial charge in [0.2, 0.25) is 0 Å². The molecule has 3 heteroatoms. The molecule has 1 aromatic rings. The minimum Gasteiger partial charge on any atom is -0.399 e. The minimum atomic E-state index is 0.500. The molecule has 1 aromatic carbocycles. The van der Waals surface area contributed by atoms with Gasteiger partial charge in [-0.15, -0.1) is 0 Å². The molecule has 0 amide bonds. The first-order valence-corrected chi connectivity index (χ1v) is 5.74. The Labute approximate surface area is 94.0 Å². The highest BCUT2D eigenvalue weighted by molar-refractivity contribution is 9.10. The maximum Gasteiger partial charge on any atom is 0.0488 e. The third kappa shape index (κ3) is 3.22. The number of benzene rings is 1. The molecule has 0 fully saturated rings. The first-order chi connectivity index (χ1) is 6.63. The van der Waals surface area contributed by atoms with Crippen LogP contribution in [0.4, 0.5) is 11.4 Å². The SMILES string of the molecule is CCCC(C)Nc1ccc(N)cc1Br. The normalized spacial score (nSPS) is 12.5. The molecule has 0 aliphatic carbocycles. The maximum atomic E-state index is 5.66. The van der Waals surface area contributed by atoms with E-state index in [1.54, 1.807) is 0 Å². The molecule has 0 heterocycles. The van der Waals surface area contributed by atoms with E-state index in [1.807, 2.05) is 18.2 Å². The fraction of sp³-hybridized carbons (Fsp3) is 0.455. The molecule has 0 saturated heterocycles. The Morgan fingerprint density at radius 2 is 2.21 bits per heavy atom. The average Bonchev–Trinajstić information content (AvgIpc) is 2.10. The Bertz CT molecular complexity index is 299. The van der Waals surface area contributed by atoms with Crippen molar-refractivity contribution in [1.82, 2.24) is 0 Å². The molecule has 14 heavy (non-hydrogen) atoms. The fourth-order valence-corrected chi connectivity index (χ4v) is 1.93. The van der Waals surface area contributed by atoms with Gasteiger partial charge in [-0.2, -0.15) is 0 Å². The molecule has 0 spiro atoms. The van der Waals surface area contributed by atoms with Crippen LogP contribution in [0.25, 0.3) is 0 Å². The van der Waals surface area contributed by atoms with Crippen molar-refractivity contribution in [2.75, 3.05) is 11.1 Å². The second-order valence-corrected chi connectivity index (χ2v) is 4.43. The lowest BCUT2D eigenvalue weighted by Gasteiger charge is -2.15. The lowest BCUT2D eigenvalue weighted by Crippen LogP contribution is -2.14. The van der Waals surface area contributed by atoms with Crippen molar-refractivity contribution in [3.8, 4) is 0 Å². The monoisotopic (exact) mass is 256 g/mol. The number of halogens is 1. The second-order valence-electron chi connectivity index (χ2n) is 3.57. The number of hydrogen-bond acceptors (Lipinski definition) is 2. The molecule has 0 aliphatic rings. The van der Waals surface area contributed by atoms with E-state index in [9.17, 15) is 0 Å². The molecule has 1 atom stereocenters. The second kappa shape index (κ2) is 5.25. The van der Waals surface area contributed by atoms with Gasteiger partial charge in [-0.3, -0.25) is 0 Å². The minimum absolute atomic E-state index is 0.500. The summed E-state index contributed by atoms with van der Waals surface area (Å²) in [5, 5.41) is 3.44. The Kier molecular flexibility index (Phi) is 4.26. The van der Waals surface area contributed by atoms with Crippen molar-refractivity contribution in [3.05, 3.63) is 22.7 Å². The zero-order chi connectivity index (χ0) is 10.6. The third-order valence-electron chi connectivity index (χ3n) is 2.12. The van der Waals surface area contributed by atoms with Crippen LogP contribution in [0.15, 0.2) is 22.7 Å². The number of nitrogen functional groups attached to an aromatic ring is 1. The summed E-state index contributed by atoms with van der Waals surface area (Å²) in [6.45, 7) is 4.38. The van der Waals surface area contributed by atoms with Crippen LogP contribution >= 0.6 is 15.9 Å². The van der Waals surface area contributed by atoms with Crippen LogP contribution in [0, 0.1) is 0 Å². The average molecular weight is 257 g/mol. The van der Waals surface area contributed by atoms with Crippen molar-refractivity contribution < 1.29 is 0 Å². The van der Waals surface area contributed by atoms with Crippen LogP contribution in [0.2, 0.25) is 0 Å². The largest absolute Gasteiger partial charge is 0.399 e. The Morgan fingerprint density at radius 3 is 2.79 bits per heavy atom. The summed E-state index contributed by atoms with van der Waals surface area (Å²) in [5.74, 6) is 0. The summed E-state index contributed by atoms with van der Waals surface area (Å²) in [5.41, 5.74) is 7.55. The van der Waals surface area contributed by atoms with Gasteiger partial charge in [-0.1, -0.05) is 13.3 Å². The summed E-state index contributed by atoms with van der Waals surface area (Å²) in [7, 11) is 0.